The van der Waals surface area contributed by atoms with Crippen LogP contribution in [0, 0.1) is 0 Å². The average molecular weight is 397 g/mol. The molecule has 1 saturated heterocycles. The number of piperazine rings is 1. The van der Waals surface area contributed by atoms with Crippen LogP contribution in [-0.2, 0) is 11.8 Å². The molecule has 0 saturated carbocycles. The molecular formula is C15H21BrN6O2. The van der Waals surface area contributed by atoms with E-state index in [0.717, 1.165) is 17.0 Å². The number of fused-ring (bicyclic) bond motifs is 1. The van der Waals surface area contributed by atoms with Gasteiger partial charge in [0.15, 0.2) is 21.7 Å². The van der Waals surface area contributed by atoms with Gasteiger partial charge in [-0.1, -0.05) is 0 Å². The molecule has 24 heavy (non-hydrogen) atoms. The Labute approximate surface area is 148 Å². The van der Waals surface area contributed by atoms with E-state index in [9.17, 15) is 4.79 Å². The van der Waals surface area contributed by atoms with Gasteiger partial charge in [-0.25, -0.2) is 19.7 Å². The summed E-state index contributed by atoms with van der Waals surface area (Å²) in [5.41, 5.74) is 1.06. The summed E-state index contributed by atoms with van der Waals surface area (Å²) < 4.78 is 8.02. The number of aromatic nitrogens is 4. The average Bonchev–Trinajstić information content (AvgIpc) is 2.81. The first-order valence-electron chi connectivity index (χ1n) is 7.82. The fourth-order valence-corrected chi connectivity index (χ4v) is 2.96. The van der Waals surface area contributed by atoms with Crippen LogP contribution in [0.25, 0.3) is 11.2 Å². The maximum absolute atomic E-state index is 12.2. The smallest absolute Gasteiger partial charge is 0.410 e. The van der Waals surface area contributed by atoms with E-state index in [-0.39, 0.29) is 6.09 Å². The van der Waals surface area contributed by atoms with Crippen LogP contribution in [-0.4, -0.2) is 62.3 Å². The first kappa shape index (κ1) is 16.9. The van der Waals surface area contributed by atoms with Gasteiger partial charge >= 0.3 is 6.09 Å². The van der Waals surface area contributed by atoms with E-state index in [0.29, 0.717) is 30.9 Å². The van der Waals surface area contributed by atoms with Crippen molar-refractivity contribution in [2.75, 3.05) is 31.1 Å². The van der Waals surface area contributed by atoms with Crippen molar-refractivity contribution in [1.82, 2.24) is 24.4 Å². The second-order valence-electron chi connectivity index (χ2n) is 6.76. The third-order valence-electron chi connectivity index (χ3n) is 3.81. The van der Waals surface area contributed by atoms with Crippen molar-refractivity contribution in [1.29, 1.82) is 0 Å². The molecule has 9 heteroatoms. The largest absolute Gasteiger partial charge is 0.444 e. The molecule has 2 aromatic rings. The second kappa shape index (κ2) is 6.19. The molecule has 3 heterocycles. The summed E-state index contributed by atoms with van der Waals surface area (Å²) >= 11 is 3.42. The standard InChI is InChI=1S/C15H21BrN6O2/c1-15(2,3)24-14(23)22-7-5-21(6-8-22)12-10-11(17-9-18-12)20(4)13(16)19-10/h9H,5-8H2,1-4H3. The van der Waals surface area contributed by atoms with Gasteiger partial charge in [0.25, 0.3) is 0 Å². The lowest BCUT2D eigenvalue weighted by molar-refractivity contribution is 0.0240. The Morgan fingerprint density at radius 1 is 1.21 bits per heavy atom. The van der Waals surface area contributed by atoms with E-state index < -0.39 is 5.60 Å². The molecule has 1 fully saturated rings. The topological polar surface area (TPSA) is 76.4 Å². The summed E-state index contributed by atoms with van der Waals surface area (Å²) in [6.07, 6.45) is 1.28. The SMILES string of the molecule is Cn1c(Br)nc2c(N3CCN(C(=O)OC(C)(C)C)CC3)ncnc21. The molecule has 0 atom stereocenters. The van der Waals surface area contributed by atoms with Gasteiger partial charge in [-0.05, 0) is 36.7 Å². The number of carbonyl (C=O) groups excluding carboxylic acids is 1. The third-order valence-corrected chi connectivity index (χ3v) is 4.52. The van der Waals surface area contributed by atoms with Gasteiger partial charge in [-0.3, -0.25) is 0 Å². The van der Waals surface area contributed by atoms with E-state index >= 15 is 0 Å². The fourth-order valence-electron chi connectivity index (χ4n) is 2.62. The van der Waals surface area contributed by atoms with E-state index in [1.54, 1.807) is 11.2 Å². The van der Waals surface area contributed by atoms with Gasteiger partial charge in [0.2, 0.25) is 0 Å². The Hall–Kier alpha value is -1.90. The summed E-state index contributed by atoms with van der Waals surface area (Å²) in [7, 11) is 1.90. The molecular weight excluding hydrogens is 376 g/mol. The highest BCUT2D eigenvalue weighted by atomic mass is 79.9. The fraction of sp³-hybridized carbons (Fsp3) is 0.600. The van der Waals surface area contributed by atoms with Gasteiger partial charge in [0.05, 0.1) is 0 Å². The normalized spacial score (nSPS) is 15.9. The minimum Gasteiger partial charge on any atom is -0.444 e. The summed E-state index contributed by atoms with van der Waals surface area (Å²) in [6.45, 7) is 8.16. The molecule has 0 bridgehead atoms. The van der Waals surface area contributed by atoms with Crippen molar-refractivity contribution >= 4 is 39.0 Å². The molecule has 0 spiro atoms. The van der Waals surface area contributed by atoms with Crippen molar-refractivity contribution in [2.45, 2.75) is 26.4 Å². The number of imidazole rings is 1. The molecule has 1 amide bonds. The molecule has 130 valence electrons. The summed E-state index contributed by atoms with van der Waals surface area (Å²) in [5, 5.41) is 0. The molecule has 1 aliphatic heterocycles. The zero-order valence-electron chi connectivity index (χ0n) is 14.3. The highest BCUT2D eigenvalue weighted by Crippen LogP contribution is 2.25. The van der Waals surface area contributed by atoms with Crippen molar-refractivity contribution < 1.29 is 9.53 Å². The number of anilines is 1. The van der Waals surface area contributed by atoms with E-state index in [4.69, 9.17) is 4.74 Å². The van der Waals surface area contributed by atoms with Crippen LogP contribution in [0.4, 0.5) is 10.6 Å². The van der Waals surface area contributed by atoms with Gasteiger partial charge in [0.1, 0.15) is 11.9 Å². The van der Waals surface area contributed by atoms with Crippen LogP contribution >= 0.6 is 15.9 Å². The second-order valence-corrected chi connectivity index (χ2v) is 7.47. The molecule has 0 N–H and O–H groups in total. The van der Waals surface area contributed by atoms with Crippen LogP contribution in [0.5, 0.6) is 0 Å². The van der Waals surface area contributed by atoms with Crippen LogP contribution in [0.3, 0.4) is 0 Å². The number of amides is 1. The van der Waals surface area contributed by atoms with Crippen LogP contribution < -0.4 is 4.90 Å². The minimum absolute atomic E-state index is 0.268. The molecule has 3 rings (SSSR count). The lowest BCUT2D eigenvalue weighted by atomic mass is 10.2. The molecule has 0 aliphatic carbocycles. The molecule has 2 aromatic heterocycles. The summed E-state index contributed by atoms with van der Waals surface area (Å²) in [6, 6.07) is 0. The van der Waals surface area contributed by atoms with Crippen molar-refractivity contribution in [3.63, 3.8) is 0 Å². The van der Waals surface area contributed by atoms with Gasteiger partial charge in [-0.2, -0.15) is 0 Å². The molecule has 0 aromatic carbocycles. The van der Waals surface area contributed by atoms with Crippen LogP contribution in [0.15, 0.2) is 11.1 Å². The monoisotopic (exact) mass is 396 g/mol. The van der Waals surface area contributed by atoms with E-state index in [2.05, 4.69) is 35.8 Å². The number of halogens is 1. The Morgan fingerprint density at radius 2 is 1.88 bits per heavy atom. The summed E-state index contributed by atoms with van der Waals surface area (Å²) in [4.78, 5) is 29.2. The highest BCUT2D eigenvalue weighted by Gasteiger charge is 2.27. The molecule has 1 aliphatic rings. The molecule has 0 unspecified atom stereocenters. The lowest BCUT2D eigenvalue weighted by Gasteiger charge is -2.36. The van der Waals surface area contributed by atoms with E-state index in [1.165, 1.54) is 0 Å². The van der Waals surface area contributed by atoms with Gasteiger partial charge in [0, 0.05) is 33.2 Å². The number of carbonyl (C=O) groups is 1. The predicted octanol–water partition coefficient (Wildman–Crippen LogP) is 2.18. The Kier molecular flexibility index (Phi) is 4.37. The maximum Gasteiger partial charge on any atom is 0.410 e. The van der Waals surface area contributed by atoms with Crippen LogP contribution in [0.2, 0.25) is 0 Å². The zero-order chi connectivity index (χ0) is 17.5. The Balaban J connectivity index is 1.74. The number of ether oxygens (including phenoxy) is 1. The minimum atomic E-state index is -0.479. The predicted molar refractivity (Wildman–Crippen MR) is 94.0 cm³/mol. The zero-order valence-corrected chi connectivity index (χ0v) is 15.9. The Morgan fingerprint density at radius 3 is 2.50 bits per heavy atom. The molecule has 0 radical (unpaired) electrons. The van der Waals surface area contributed by atoms with Crippen molar-refractivity contribution in [3.05, 3.63) is 11.1 Å². The number of hydrogen-bond acceptors (Lipinski definition) is 6. The van der Waals surface area contributed by atoms with E-state index in [1.807, 2.05) is 32.4 Å². The number of rotatable bonds is 1. The third kappa shape index (κ3) is 3.31. The summed E-state index contributed by atoms with van der Waals surface area (Å²) in [5.74, 6) is 0.796. The van der Waals surface area contributed by atoms with Crippen molar-refractivity contribution in [2.24, 2.45) is 7.05 Å². The highest BCUT2D eigenvalue weighted by molar-refractivity contribution is 9.10. The maximum atomic E-state index is 12.2. The number of hydrogen-bond donors (Lipinski definition) is 0. The van der Waals surface area contributed by atoms with Crippen molar-refractivity contribution in [3.8, 4) is 0 Å². The number of nitrogens with zero attached hydrogens (tertiary/aromatic N) is 6. The first-order chi connectivity index (χ1) is 11.3. The first-order valence-corrected chi connectivity index (χ1v) is 8.61. The van der Waals surface area contributed by atoms with Crippen LogP contribution in [0.1, 0.15) is 20.8 Å². The quantitative estimate of drug-likeness (QED) is 0.687. The van der Waals surface area contributed by atoms with Gasteiger partial charge < -0.3 is 19.1 Å². The Bertz CT molecular complexity index is 761. The lowest BCUT2D eigenvalue weighted by Crippen LogP contribution is -2.50. The van der Waals surface area contributed by atoms with Gasteiger partial charge in [-0.15, -0.1) is 0 Å². The molecule has 8 nitrogen and oxygen atoms in total. The number of aryl methyl sites for hydroxylation is 1.